The number of pyridine rings is 1. The molecule has 86 valence electrons. The lowest BCUT2D eigenvalue weighted by molar-refractivity contribution is -0.111. The maximum atomic E-state index is 11.5. The standard InChI is InChI=1S/C11H8N2O4/c1-17-11(16)13-7-5-8(14)10(15)6-3-2-4-12-9(6)7/h2-5H,1H3,(H,13,16). The molecule has 0 spiro atoms. The molecule has 17 heavy (non-hydrogen) atoms. The number of nitrogens with one attached hydrogen (secondary N) is 1. The first-order chi connectivity index (χ1) is 8.13. The van der Waals surface area contributed by atoms with E-state index in [0.717, 1.165) is 6.08 Å². The molecule has 1 aliphatic carbocycles. The summed E-state index contributed by atoms with van der Waals surface area (Å²) in [4.78, 5) is 38.0. The summed E-state index contributed by atoms with van der Waals surface area (Å²) in [5.41, 5.74) is 0.603. The molecule has 0 fully saturated rings. The fourth-order valence-electron chi connectivity index (χ4n) is 1.46. The second-order valence-electron chi connectivity index (χ2n) is 3.27. The molecule has 0 unspecified atom stereocenters. The third-order valence-corrected chi connectivity index (χ3v) is 2.23. The molecule has 0 bridgehead atoms. The molecule has 1 amide bonds. The van der Waals surface area contributed by atoms with Crippen LogP contribution < -0.4 is 5.32 Å². The van der Waals surface area contributed by atoms with Gasteiger partial charge < -0.3 is 4.74 Å². The number of methoxy groups -OCH3 is 1. The van der Waals surface area contributed by atoms with E-state index in [-0.39, 0.29) is 17.0 Å². The van der Waals surface area contributed by atoms with Crippen LogP contribution in [0.3, 0.4) is 0 Å². The van der Waals surface area contributed by atoms with Gasteiger partial charge in [-0.1, -0.05) is 0 Å². The first-order valence-electron chi connectivity index (χ1n) is 4.74. The third kappa shape index (κ3) is 1.92. The van der Waals surface area contributed by atoms with Gasteiger partial charge in [0.15, 0.2) is 0 Å². The Kier molecular flexibility index (Phi) is 2.70. The second kappa shape index (κ2) is 4.17. The van der Waals surface area contributed by atoms with E-state index in [9.17, 15) is 14.4 Å². The summed E-state index contributed by atoms with van der Waals surface area (Å²) in [6.07, 6.45) is 1.78. The van der Waals surface area contributed by atoms with Gasteiger partial charge in [-0.2, -0.15) is 0 Å². The van der Waals surface area contributed by atoms with Crippen molar-refractivity contribution in [1.29, 1.82) is 0 Å². The number of fused-ring (bicyclic) bond motifs is 1. The lowest BCUT2D eigenvalue weighted by Gasteiger charge is -2.14. The molecule has 0 atom stereocenters. The van der Waals surface area contributed by atoms with Crippen LogP contribution in [0.2, 0.25) is 0 Å². The third-order valence-electron chi connectivity index (χ3n) is 2.23. The minimum Gasteiger partial charge on any atom is -0.453 e. The molecular formula is C11H8N2O4. The number of ketones is 2. The second-order valence-corrected chi connectivity index (χ2v) is 3.27. The maximum absolute atomic E-state index is 11.5. The van der Waals surface area contributed by atoms with Gasteiger partial charge in [-0.15, -0.1) is 0 Å². The van der Waals surface area contributed by atoms with E-state index in [2.05, 4.69) is 15.0 Å². The van der Waals surface area contributed by atoms with Crippen molar-refractivity contribution in [1.82, 2.24) is 10.3 Å². The summed E-state index contributed by atoms with van der Waals surface area (Å²) in [6, 6.07) is 3.03. The smallest absolute Gasteiger partial charge is 0.411 e. The molecule has 6 heteroatoms. The highest BCUT2D eigenvalue weighted by atomic mass is 16.5. The molecule has 0 aliphatic heterocycles. The predicted molar refractivity (Wildman–Crippen MR) is 57.1 cm³/mol. The normalized spacial score (nSPS) is 13.8. The number of carbonyl (C=O) groups excluding carboxylic acids is 3. The van der Waals surface area contributed by atoms with Crippen LogP contribution in [0.5, 0.6) is 0 Å². The first-order valence-corrected chi connectivity index (χ1v) is 4.74. The van der Waals surface area contributed by atoms with Crippen LogP contribution in [0.1, 0.15) is 16.1 Å². The molecule has 0 saturated heterocycles. The lowest BCUT2D eigenvalue weighted by Crippen LogP contribution is -2.28. The zero-order valence-corrected chi connectivity index (χ0v) is 8.89. The van der Waals surface area contributed by atoms with Gasteiger partial charge in [-0.05, 0) is 12.1 Å². The Balaban J connectivity index is 2.46. The zero-order valence-electron chi connectivity index (χ0n) is 8.89. The van der Waals surface area contributed by atoms with Crippen LogP contribution >= 0.6 is 0 Å². The van der Waals surface area contributed by atoms with Gasteiger partial charge in [-0.3, -0.25) is 19.9 Å². The SMILES string of the molecule is COC(=O)NC1=CC(=O)C(=O)c2cccnc21. The van der Waals surface area contributed by atoms with Crippen LogP contribution in [0.4, 0.5) is 4.79 Å². The largest absolute Gasteiger partial charge is 0.453 e. The number of amides is 1. The highest BCUT2D eigenvalue weighted by Gasteiger charge is 2.27. The van der Waals surface area contributed by atoms with Crippen LogP contribution in [-0.2, 0) is 9.53 Å². The summed E-state index contributed by atoms with van der Waals surface area (Å²) < 4.78 is 4.42. The fourth-order valence-corrected chi connectivity index (χ4v) is 1.46. The molecule has 0 aromatic carbocycles. The van der Waals surface area contributed by atoms with Crippen LogP contribution in [0, 0.1) is 0 Å². The van der Waals surface area contributed by atoms with Gasteiger partial charge in [-0.25, -0.2) is 4.79 Å². The van der Waals surface area contributed by atoms with Crippen molar-refractivity contribution in [2.24, 2.45) is 0 Å². The van der Waals surface area contributed by atoms with E-state index in [1.54, 1.807) is 6.07 Å². The first kappa shape index (κ1) is 11.0. The van der Waals surface area contributed by atoms with Crippen LogP contribution in [0.15, 0.2) is 24.4 Å². The zero-order chi connectivity index (χ0) is 12.4. The van der Waals surface area contributed by atoms with Crippen molar-refractivity contribution in [3.63, 3.8) is 0 Å². The number of ether oxygens (including phenoxy) is 1. The number of hydrogen-bond acceptors (Lipinski definition) is 5. The minimum absolute atomic E-state index is 0.164. The average Bonchev–Trinajstić information content (AvgIpc) is 2.35. The van der Waals surface area contributed by atoms with Crippen molar-refractivity contribution in [2.75, 3.05) is 7.11 Å². The highest BCUT2D eigenvalue weighted by molar-refractivity contribution is 6.50. The number of alkyl carbamates (subject to hydrolysis) is 1. The number of nitrogens with zero attached hydrogens (tertiary/aromatic N) is 1. The number of aromatic nitrogens is 1. The molecule has 0 saturated carbocycles. The topological polar surface area (TPSA) is 85.4 Å². The molecule has 1 aliphatic rings. The Morgan fingerprint density at radius 3 is 2.88 bits per heavy atom. The van der Waals surface area contributed by atoms with Gasteiger partial charge >= 0.3 is 6.09 Å². The number of Topliss-reactive ketones (excluding diaryl/α,β-unsaturated/α-hetero) is 1. The van der Waals surface area contributed by atoms with Crippen LogP contribution in [-0.4, -0.2) is 29.8 Å². The average molecular weight is 232 g/mol. The fraction of sp³-hybridized carbons (Fsp3) is 0.0909. The van der Waals surface area contributed by atoms with Crippen molar-refractivity contribution >= 4 is 23.4 Å². The maximum Gasteiger partial charge on any atom is 0.411 e. The Labute approximate surface area is 96.3 Å². The predicted octanol–water partition coefficient (Wildman–Crippen LogP) is 0.544. The van der Waals surface area contributed by atoms with E-state index in [4.69, 9.17) is 0 Å². The van der Waals surface area contributed by atoms with E-state index in [1.165, 1.54) is 19.4 Å². The van der Waals surface area contributed by atoms with Crippen molar-refractivity contribution < 1.29 is 19.1 Å². The number of carbonyl (C=O) groups is 3. The minimum atomic E-state index is -0.727. The Bertz CT molecular complexity index is 548. The van der Waals surface area contributed by atoms with Crippen molar-refractivity contribution in [3.8, 4) is 0 Å². The summed E-state index contributed by atoms with van der Waals surface area (Å²) in [7, 11) is 1.20. The molecule has 1 aromatic rings. The molecule has 1 N–H and O–H groups in total. The summed E-state index contributed by atoms with van der Waals surface area (Å²) in [6.45, 7) is 0. The number of allylic oxidation sites excluding steroid dienone is 1. The van der Waals surface area contributed by atoms with Gasteiger partial charge in [0, 0.05) is 12.3 Å². The molecular weight excluding hydrogens is 224 g/mol. The van der Waals surface area contributed by atoms with Gasteiger partial charge in [0.25, 0.3) is 0 Å². The van der Waals surface area contributed by atoms with Crippen molar-refractivity contribution in [3.05, 3.63) is 35.7 Å². The van der Waals surface area contributed by atoms with E-state index >= 15 is 0 Å². The van der Waals surface area contributed by atoms with Crippen LogP contribution in [0.25, 0.3) is 5.70 Å². The van der Waals surface area contributed by atoms with E-state index < -0.39 is 17.7 Å². The van der Waals surface area contributed by atoms with Gasteiger partial charge in [0.05, 0.1) is 24.1 Å². The number of hydrogen-bond donors (Lipinski definition) is 1. The summed E-state index contributed by atoms with van der Waals surface area (Å²) in [5.74, 6) is -1.33. The van der Waals surface area contributed by atoms with E-state index in [0.29, 0.717) is 0 Å². The molecule has 2 rings (SSSR count). The summed E-state index contributed by atoms with van der Waals surface area (Å²) in [5, 5.41) is 2.34. The quantitative estimate of drug-likeness (QED) is 0.714. The molecule has 0 radical (unpaired) electrons. The number of rotatable bonds is 1. The van der Waals surface area contributed by atoms with Crippen molar-refractivity contribution in [2.45, 2.75) is 0 Å². The molecule has 6 nitrogen and oxygen atoms in total. The monoisotopic (exact) mass is 232 g/mol. The van der Waals surface area contributed by atoms with Gasteiger partial charge in [0.1, 0.15) is 0 Å². The molecule has 1 aromatic heterocycles. The lowest BCUT2D eigenvalue weighted by atomic mass is 9.97. The molecule has 1 heterocycles. The Morgan fingerprint density at radius 1 is 1.41 bits per heavy atom. The highest BCUT2D eigenvalue weighted by Crippen LogP contribution is 2.20. The van der Waals surface area contributed by atoms with Gasteiger partial charge in [0.2, 0.25) is 11.6 Å². The van der Waals surface area contributed by atoms with E-state index in [1.807, 2.05) is 0 Å². The Morgan fingerprint density at radius 2 is 2.18 bits per heavy atom. The summed E-state index contributed by atoms with van der Waals surface area (Å²) >= 11 is 0. The Hall–Kier alpha value is -2.50.